The van der Waals surface area contributed by atoms with E-state index < -0.39 is 0 Å². The lowest BCUT2D eigenvalue weighted by Gasteiger charge is -2.06. The Kier molecular flexibility index (Phi) is 7.18. The second kappa shape index (κ2) is 8.69. The molecule has 5 nitrogen and oxygen atoms in total. The van der Waals surface area contributed by atoms with Gasteiger partial charge in [0.2, 0.25) is 5.91 Å². The molecule has 0 saturated heterocycles. The number of hydrogen-bond donors (Lipinski definition) is 2. The SMILES string of the molecule is CCC(CC)c1cc(CNC(=O)CCCNC)on1. The van der Waals surface area contributed by atoms with Crippen LogP contribution in [0.5, 0.6) is 0 Å². The summed E-state index contributed by atoms with van der Waals surface area (Å²) in [6.07, 6.45) is 3.49. The average molecular weight is 267 g/mol. The van der Waals surface area contributed by atoms with Gasteiger partial charge >= 0.3 is 0 Å². The van der Waals surface area contributed by atoms with Gasteiger partial charge in [-0.25, -0.2) is 0 Å². The Balaban J connectivity index is 2.35. The van der Waals surface area contributed by atoms with E-state index in [9.17, 15) is 4.79 Å². The summed E-state index contributed by atoms with van der Waals surface area (Å²) in [5.74, 6) is 1.23. The van der Waals surface area contributed by atoms with Crippen molar-refractivity contribution in [3.05, 3.63) is 17.5 Å². The molecule has 0 aliphatic heterocycles. The highest BCUT2D eigenvalue weighted by Gasteiger charge is 2.13. The molecule has 0 aliphatic rings. The Labute approximate surface area is 115 Å². The molecule has 1 amide bonds. The van der Waals surface area contributed by atoms with Crippen LogP contribution in [-0.2, 0) is 11.3 Å². The van der Waals surface area contributed by atoms with Gasteiger partial charge in [0.1, 0.15) is 0 Å². The number of rotatable bonds is 9. The lowest BCUT2D eigenvalue weighted by molar-refractivity contribution is -0.121. The minimum Gasteiger partial charge on any atom is -0.359 e. The molecular formula is C14H25N3O2. The van der Waals surface area contributed by atoms with Crippen LogP contribution in [0.25, 0.3) is 0 Å². The Hall–Kier alpha value is -1.36. The van der Waals surface area contributed by atoms with Crippen molar-refractivity contribution >= 4 is 5.91 Å². The monoisotopic (exact) mass is 267 g/mol. The number of carbonyl (C=O) groups excluding carboxylic acids is 1. The van der Waals surface area contributed by atoms with E-state index in [2.05, 4.69) is 29.6 Å². The summed E-state index contributed by atoms with van der Waals surface area (Å²) in [5.41, 5.74) is 0.990. The maximum Gasteiger partial charge on any atom is 0.220 e. The van der Waals surface area contributed by atoms with Gasteiger partial charge in [0.05, 0.1) is 12.2 Å². The predicted molar refractivity (Wildman–Crippen MR) is 74.8 cm³/mol. The van der Waals surface area contributed by atoms with Crippen molar-refractivity contribution in [3.8, 4) is 0 Å². The summed E-state index contributed by atoms with van der Waals surface area (Å²) in [7, 11) is 1.88. The summed E-state index contributed by atoms with van der Waals surface area (Å²) in [6.45, 7) is 5.57. The smallest absolute Gasteiger partial charge is 0.220 e. The van der Waals surface area contributed by atoms with E-state index in [4.69, 9.17) is 4.52 Å². The number of carbonyl (C=O) groups is 1. The average Bonchev–Trinajstić information content (AvgIpc) is 2.87. The maximum atomic E-state index is 11.5. The molecule has 1 heterocycles. The zero-order valence-electron chi connectivity index (χ0n) is 12.2. The van der Waals surface area contributed by atoms with Gasteiger partial charge in [-0.15, -0.1) is 0 Å². The molecule has 1 aromatic rings. The normalized spacial score (nSPS) is 10.9. The van der Waals surface area contributed by atoms with Crippen molar-refractivity contribution in [3.63, 3.8) is 0 Å². The molecule has 19 heavy (non-hydrogen) atoms. The molecule has 0 aliphatic carbocycles. The van der Waals surface area contributed by atoms with Crippen molar-refractivity contribution in [1.82, 2.24) is 15.8 Å². The highest BCUT2D eigenvalue weighted by Crippen LogP contribution is 2.22. The molecular weight excluding hydrogens is 242 g/mol. The molecule has 0 bridgehead atoms. The van der Waals surface area contributed by atoms with Crippen molar-refractivity contribution in [2.24, 2.45) is 0 Å². The molecule has 0 atom stereocenters. The van der Waals surface area contributed by atoms with Crippen molar-refractivity contribution in [1.29, 1.82) is 0 Å². The highest BCUT2D eigenvalue weighted by atomic mass is 16.5. The summed E-state index contributed by atoms with van der Waals surface area (Å²) in [5, 5.41) is 9.94. The van der Waals surface area contributed by atoms with Crippen LogP contribution < -0.4 is 10.6 Å². The fourth-order valence-corrected chi connectivity index (χ4v) is 2.01. The standard InChI is InChI=1S/C14H25N3O2/c1-4-11(5-2)13-9-12(19-17-13)10-16-14(18)7-6-8-15-3/h9,11,15H,4-8,10H2,1-3H3,(H,16,18). The Morgan fingerprint density at radius 2 is 2.16 bits per heavy atom. The van der Waals surface area contributed by atoms with E-state index in [-0.39, 0.29) is 5.91 Å². The minimum absolute atomic E-state index is 0.0516. The molecule has 5 heteroatoms. The number of nitrogens with one attached hydrogen (secondary N) is 2. The predicted octanol–water partition coefficient (Wildman–Crippen LogP) is 2.19. The van der Waals surface area contributed by atoms with E-state index in [1.54, 1.807) is 0 Å². The molecule has 2 N–H and O–H groups in total. The zero-order chi connectivity index (χ0) is 14.1. The first-order valence-corrected chi connectivity index (χ1v) is 7.08. The fraction of sp³-hybridized carbons (Fsp3) is 0.714. The largest absolute Gasteiger partial charge is 0.359 e. The van der Waals surface area contributed by atoms with Gasteiger partial charge in [0, 0.05) is 18.4 Å². The second-order valence-corrected chi connectivity index (χ2v) is 4.72. The van der Waals surface area contributed by atoms with Crippen LogP contribution in [0.15, 0.2) is 10.6 Å². The Morgan fingerprint density at radius 3 is 2.79 bits per heavy atom. The number of hydrogen-bond acceptors (Lipinski definition) is 4. The summed E-state index contributed by atoms with van der Waals surface area (Å²) in [4.78, 5) is 11.5. The first-order valence-electron chi connectivity index (χ1n) is 7.08. The number of aromatic nitrogens is 1. The molecule has 0 unspecified atom stereocenters. The van der Waals surface area contributed by atoms with Gasteiger partial charge in [-0.05, 0) is 32.9 Å². The third-order valence-corrected chi connectivity index (χ3v) is 3.27. The van der Waals surface area contributed by atoms with Gasteiger partial charge in [-0.2, -0.15) is 0 Å². The fourth-order valence-electron chi connectivity index (χ4n) is 2.01. The van der Waals surface area contributed by atoms with E-state index in [1.807, 2.05) is 13.1 Å². The van der Waals surface area contributed by atoms with Crippen LogP contribution in [0.2, 0.25) is 0 Å². The zero-order valence-corrected chi connectivity index (χ0v) is 12.2. The maximum absolute atomic E-state index is 11.5. The van der Waals surface area contributed by atoms with E-state index >= 15 is 0 Å². The van der Waals surface area contributed by atoms with Gasteiger partial charge in [-0.3, -0.25) is 4.79 Å². The summed E-state index contributed by atoms with van der Waals surface area (Å²) in [6, 6.07) is 1.95. The quantitative estimate of drug-likeness (QED) is 0.673. The second-order valence-electron chi connectivity index (χ2n) is 4.72. The van der Waals surface area contributed by atoms with Crippen LogP contribution in [0.1, 0.15) is 56.9 Å². The highest BCUT2D eigenvalue weighted by molar-refractivity contribution is 5.75. The van der Waals surface area contributed by atoms with Crippen LogP contribution in [0, 0.1) is 0 Å². The van der Waals surface area contributed by atoms with Gasteiger partial charge < -0.3 is 15.2 Å². The summed E-state index contributed by atoms with van der Waals surface area (Å²) >= 11 is 0. The van der Waals surface area contributed by atoms with Gasteiger partial charge in [-0.1, -0.05) is 19.0 Å². The number of nitrogens with zero attached hydrogens (tertiary/aromatic N) is 1. The summed E-state index contributed by atoms with van der Waals surface area (Å²) < 4.78 is 5.25. The lowest BCUT2D eigenvalue weighted by Crippen LogP contribution is -2.23. The van der Waals surface area contributed by atoms with Crippen LogP contribution in [0.3, 0.4) is 0 Å². The van der Waals surface area contributed by atoms with Crippen molar-refractivity contribution in [2.45, 2.75) is 52.0 Å². The molecule has 108 valence electrons. The van der Waals surface area contributed by atoms with E-state index in [0.29, 0.717) is 18.9 Å². The van der Waals surface area contributed by atoms with Crippen LogP contribution in [-0.4, -0.2) is 24.7 Å². The van der Waals surface area contributed by atoms with Gasteiger partial charge in [0.15, 0.2) is 5.76 Å². The number of amides is 1. The molecule has 0 saturated carbocycles. The topological polar surface area (TPSA) is 67.2 Å². The van der Waals surface area contributed by atoms with Crippen molar-refractivity contribution < 1.29 is 9.32 Å². The minimum atomic E-state index is 0.0516. The van der Waals surface area contributed by atoms with Crippen LogP contribution >= 0.6 is 0 Å². The third-order valence-electron chi connectivity index (χ3n) is 3.27. The third kappa shape index (κ3) is 5.42. The molecule has 0 spiro atoms. The van der Waals surface area contributed by atoms with E-state index in [0.717, 1.165) is 37.3 Å². The molecule has 0 radical (unpaired) electrons. The van der Waals surface area contributed by atoms with Crippen molar-refractivity contribution in [2.75, 3.05) is 13.6 Å². The van der Waals surface area contributed by atoms with Gasteiger partial charge in [0.25, 0.3) is 0 Å². The molecule has 1 aromatic heterocycles. The Bertz CT molecular complexity index is 373. The molecule has 0 aromatic carbocycles. The lowest BCUT2D eigenvalue weighted by atomic mass is 9.99. The first-order chi connectivity index (χ1) is 9.21. The molecule has 0 fully saturated rings. The molecule has 1 rings (SSSR count). The first kappa shape index (κ1) is 15.7. The Morgan fingerprint density at radius 1 is 1.42 bits per heavy atom. The van der Waals surface area contributed by atoms with Crippen LogP contribution in [0.4, 0.5) is 0 Å². The van der Waals surface area contributed by atoms with E-state index in [1.165, 1.54) is 0 Å².